The number of para-hydroxylation sites is 2. The zero-order valence-electron chi connectivity index (χ0n) is 17.6. The van der Waals surface area contributed by atoms with Crippen LogP contribution in [0, 0.1) is 6.92 Å². The Morgan fingerprint density at radius 3 is 2.48 bits per heavy atom. The first-order valence-electron chi connectivity index (χ1n) is 10.7. The van der Waals surface area contributed by atoms with E-state index in [-0.39, 0.29) is 18.3 Å². The van der Waals surface area contributed by atoms with E-state index in [1.807, 2.05) is 53.4 Å². The summed E-state index contributed by atoms with van der Waals surface area (Å²) >= 11 is 0. The van der Waals surface area contributed by atoms with E-state index in [4.69, 9.17) is 4.74 Å². The third-order valence-electron chi connectivity index (χ3n) is 6.07. The number of ether oxygens (including phenoxy) is 1. The van der Waals surface area contributed by atoms with Crippen LogP contribution in [-0.4, -0.2) is 19.0 Å². The van der Waals surface area contributed by atoms with Crippen molar-refractivity contribution in [2.24, 2.45) is 0 Å². The molecule has 31 heavy (non-hydrogen) atoms. The number of aryl methyl sites for hydroxylation is 1. The predicted molar refractivity (Wildman–Crippen MR) is 127 cm³/mol. The van der Waals surface area contributed by atoms with Gasteiger partial charge in [0.25, 0.3) is 5.91 Å². The van der Waals surface area contributed by atoms with Gasteiger partial charge in [-0.15, -0.1) is 12.4 Å². The summed E-state index contributed by atoms with van der Waals surface area (Å²) in [4.78, 5) is 15.7. The van der Waals surface area contributed by atoms with Crippen molar-refractivity contribution in [3.63, 3.8) is 0 Å². The van der Waals surface area contributed by atoms with E-state index in [1.54, 1.807) is 0 Å². The molecule has 1 N–H and O–H groups in total. The second-order valence-electron chi connectivity index (χ2n) is 8.20. The molecule has 3 aromatic carbocycles. The van der Waals surface area contributed by atoms with Gasteiger partial charge in [-0.1, -0.05) is 48.5 Å². The number of hydrogen-bond donors (Lipinski definition) is 1. The minimum atomic E-state index is -0.00214. The molecule has 1 amide bonds. The summed E-state index contributed by atoms with van der Waals surface area (Å²) in [5.74, 6) is 1.87. The first kappa shape index (κ1) is 21.4. The average molecular weight is 435 g/mol. The molecule has 0 saturated carbocycles. The standard InChI is InChI=1S/C26H26N2O2.ClH/c1-18-15-21(20-11-13-27-14-12-20)25-22(16-18)26(29)28(17-19-7-3-2-4-8-19)23-9-5-6-10-24(23)30-25;/h2-10,15-16,20,27H,11-14,17H2,1H3;1H. The summed E-state index contributed by atoms with van der Waals surface area (Å²) in [6, 6.07) is 22.2. The van der Waals surface area contributed by atoms with Crippen LogP contribution in [0.4, 0.5) is 5.69 Å². The Morgan fingerprint density at radius 2 is 1.71 bits per heavy atom. The number of hydrogen-bond acceptors (Lipinski definition) is 3. The maximum Gasteiger partial charge on any atom is 0.262 e. The third-order valence-corrected chi connectivity index (χ3v) is 6.07. The van der Waals surface area contributed by atoms with Crippen LogP contribution in [0.2, 0.25) is 0 Å². The van der Waals surface area contributed by atoms with Crippen molar-refractivity contribution in [1.29, 1.82) is 0 Å². The number of anilines is 1. The zero-order chi connectivity index (χ0) is 20.5. The summed E-state index contributed by atoms with van der Waals surface area (Å²) in [7, 11) is 0. The summed E-state index contributed by atoms with van der Waals surface area (Å²) in [5.41, 5.74) is 4.84. The molecule has 4 nitrogen and oxygen atoms in total. The van der Waals surface area contributed by atoms with Crippen LogP contribution in [-0.2, 0) is 6.54 Å². The van der Waals surface area contributed by atoms with Crippen LogP contribution in [0.1, 0.15) is 45.8 Å². The molecule has 0 bridgehead atoms. The van der Waals surface area contributed by atoms with Crippen molar-refractivity contribution in [3.05, 3.63) is 89.0 Å². The van der Waals surface area contributed by atoms with E-state index < -0.39 is 0 Å². The molecule has 0 aliphatic carbocycles. The van der Waals surface area contributed by atoms with Crippen molar-refractivity contribution in [2.45, 2.75) is 32.2 Å². The number of carbonyl (C=O) groups excluding carboxylic acids is 1. The van der Waals surface area contributed by atoms with E-state index >= 15 is 0 Å². The second-order valence-corrected chi connectivity index (χ2v) is 8.20. The SMILES string of the molecule is Cc1cc2c(c(C3CCNCC3)c1)Oc1ccccc1N(Cc1ccccc1)C2=O.Cl. The van der Waals surface area contributed by atoms with Gasteiger partial charge < -0.3 is 15.0 Å². The van der Waals surface area contributed by atoms with Crippen LogP contribution in [0.3, 0.4) is 0 Å². The highest BCUT2D eigenvalue weighted by atomic mass is 35.5. The van der Waals surface area contributed by atoms with Gasteiger partial charge in [0.1, 0.15) is 5.75 Å². The Hall–Kier alpha value is -2.82. The number of halogens is 1. The minimum absolute atomic E-state index is 0. The quantitative estimate of drug-likeness (QED) is 0.563. The van der Waals surface area contributed by atoms with Gasteiger partial charge in [-0.25, -0.2) is 0 Å². The first-order chi connectivity index (χ1) is 14.7. The summed E-state index contributed by atoms with van der Waals surface area (Å²) in [6.07, 6.45) is 2.12. The molecule has 2 aliphatic heterocycles. The van der Waals surface area contributed by atoms with Gasteiger partial charge in [-0.2, -0.15) is 0 Å². The van der Waals surface area contributed by atoms with Gasteiger partial charge in [0.2, 0.25) is 0 Å². The molecule has 2 aliphatic rings. The molecule has 2 heterocycles. The number of fused-ring (bicyclic) bond motifs is 2. The monoisotopic (exact) mass is 434 g/mol. The topological polar surface area (TPSA) is 41.6 Å². The number of rotatable bonds is 3. The molecule has 5 rings (SSSR count). The molecular weight excluding hydrogens is 408 g/mol. The van der Waals surface area contributed by atoms with Crippen LogP contribution < -0.4 is 15.0 Å². The number of nitrogens with one attached hydrogen (secondary N) is 1. The molecule has 160 valence electrons. The lowest BCUT2D eigenvalue weighted by Gasteiger charge is -2.26. The van der Waals surface area contributed by atoms with Crippen molar-refractivity contribution in [2.75, 3.05) is 18.0 Å². The van der Waals surface area contributed by atoms with Gasteiger partial charge in [-0.3, -0.25) is 4.79 Å². The van der Waals surface area contributed by atoms with Crippen LogP contribution in [0.25, 0.3) is 0 Å². The number of nitrogens with zero attached hydrogens (tertiary/aromatic N) is 1. The van der Waals surface area contributed by atoms with Crippen molar-refractivity contribution >= 4 is 24.0 Å². The fourth-order valence-electron chi connectivity index (χ4n) is 4.56. The molecule has 0 unspecified atom stereocenters. The molecule has 3 aromatic rings. The number of benzene rings is 3. The lowest BCUT2D eigenvalue weighted by Crippen LogP contribution is -2.30. The van der Waals surface area contributed by atoms with Crippen LogP contribution in [0.5, 0.6) is 11.5 Å². The Labute approximate surface area is 189 Å². The molecular formula is C26H27ClN2O2. The van der Waals surface area contributed by atoms with Crippen molar-refractivity contribution in [3.8, 4) is 11.5 Å². The van der Waals surface area contributed by atoms with Crippen molar-refractivity contribution in [1.82, 2.24) is 5.32 Å². The van der Waals surface area contributed by atoms with Gasteiger partial charge in [0, 0.05) is 0 Å². The fraction of sp³-hybridized carbons (Fsp3) is 0.269. The summed E-state index contributed by atoms with van der Waals surface area (Å²) in [5, 5.41) is 3.43. The Morgan fingerprint density at radius 1 is 1.00 bits per heavy atom. The average Bonchev–Trinajstić information content (AvgIpc) is 2.90. The number of piperidine rings is 1. The van der Waals surface area contributed by atoms with E-state index in [0.29, 0.717) is 18.0 Å². The lowest BCUT2D eigenvalue weighted by molar-refractivity contribution is 0.0985. The molecule has 0 radical (unpaired) electrons. The number of amides is 1. The third kappa shape index (κ3) is 4.18. The Balaban J connectivity index is 0.00000231. The maximum absolute atomic E-state index is 13.8. The normalized spacial score (nSPS) is 15.9. The lowest BCUT2D eigenvalue weighted by atomic mass is 9.87. The molecule has 0 aromatic heterocycles. The summed E-state index contributed by atoms with van der Waals surface area (Å²) in [6.45, 7) is 4.57. The number of carbonyl (C=O) groups is 1. The van der Waals surface area contributed by atoms with E-state index in [2.05, 4.69) is 30.4 Å². The molecule has 5 heteroatoms. The molecule has 1 fully saturated rings. The van der Waals surface area contributed by atoms with E-state index in [1.165, 1.54) is 0 Å². The van der Waals surface area contributed by atoms with E-state index in [9.17, 15) is 4.79 Å². The van der Waals surface area contributed by atoms with Gasteiger partial charge in [0.05, 0.1) is 17.8 Å². The fourth-order valence-corrected chi connectivity index (χ4v) is 4.56. The molecule has 1 saturated heterocycles. The Kier molecular flexibility index (Phi) is 6.30. The van der Waals surface area contributed by atoms with Crippen molar-refractivity contribution < 1.29 is 9.53 Å². The highest BCUT2D eigenvalue weighted by Crippen LogP contribution is 2.44. The van der Waals surface area contributed by atoms with Gasteiger partial charge >= 0.3 is 0 Å². The summed E-state index contributed by atoms with van der Waals surface area (Å²) < 4.78 is 6.50. The minimum Gasteiger partial charge on any atom is -0.454 e. The molecule has 0 atom stereocenters. The zero-order valence-corrected chi connectivity index (χ0v) is 18.5. The van der Waals surface area contributed by atoms with Crippen LogP contribution in [0.15, 0.2) is 66.7 Å². The smallest absolute Gasteiger partial charge is 0.262 e. The largest absolute Gasteiger partial charge is 0.454 e. The highest BCUT2D eigenvalue weighted by molar-refractivity contribution is 6.10. The van der Waals surface area contributed by atoms with Crippen LogP contribution >= 0.6 is 12.4 Å². The van der Waals surface area contributed by atoms with Gasteiger partial charge in [0.15, 0.2) is 5.75 Å². The van der Waals surface area contributed by atoms with E-state index in [0.717, 1.165) is 59.8 Å². The highest BCUT2D eigenvalue weighted by Gasteiger charge is 2.32. The molecule has 0 spiro atoms. The predicted octanol–water partition coefficient (Wildman–Crippen LogP) is 5.84. The second kappa shape index (κ2) is 9.13. The van der Waals surface area contributed by atoms with Gasteiger partial charge in [-0.05, 0) is 73.7 Å². The Bertz CT molecular complexity index is 1080. The maximum atomic E-state index is 13.8. The first-order valence-corrected chi connectivity index (χ1v) is 10.7.